The summed E-state index contributed by atoms with van der Waals surface area (Å²) >= 11 is 1.24. The van der Waals surface area contributed by atoms with Crippen molar-refractivity contribution >= 4 is 27.5 Å². The minimum absolute atomic E-state index is 0.322. The van der Waals surface area contributed by atoms with Gasteiger partial charge in [0.05, 0.1) is 10.4 Å². The van der Waals surface area contributed by atoms with Gasteiger partial charge in [-0.25, -0.2) is 9.48 Å². The van der Waals surface area contributed by atoms with E-state index in [1.165, 1.54) is 11.3 Å². The summed E-state index contributed by atoms with van der Waals surface area (Å²) in [6.45, 7) is 0. The molecule has 0 saturated carbocycles. The van der Waals surface area contributed by atoms with Crippen LogP contribution in [0.15, 0.2) is 42.6 Å². The fourth-order valence-electron chi connectivity index (χ4n) is 1.64. The van der Waals surface area contributed by atoms with Crippen LogP contribution in [-0.2, 0) is 0 Å². The molecule has 0 aliphatic carbocycles. The van der Waals surface area contributed by atoms with Crippen molar-refractivity contribution in [2.75, 3.05) is 0 Å². The normalized spacial score (nSPS) is 10.8. The molecule has 3 rings (SSSR count). The van der Waals surface area contributed by atoms with Crippen LogP contribution in [0.2, 0.25) is 0 Å². The number of hydrogen-bond donors (Lipinski definition) is 1. The minimum atomic E-state index is -0.903. The summed E-state index contributed by atoms with van der Waals surface area (Å²) in [5.41, 5.74) is 1.68. The topological polar surface area (TPSA) is 55.1 Å². The van der Waals surface area contributed by atoms with Crippen LogP contribution >= 0.6 is 11.3 Å². The van der Waals surface area contributed by atoms with Crippen molar-refractivity contribution in [2.45, 2.75) is 0 Å². The van der Waals surface area contributed by atoms with Crippen LogP contribution < -0.4 is 0 Å². The molecule has 0 unspecified atom stereocenters. The molecule has 4 nitrogen and oxygen atoms in total. The van der Waals surface area contributed by atoms with E-state index >= 15 is 0 Å². The molecule has 0 saturated heterocycles. The lowest BCUT2D eigenvalue weighted by Gasteiger charge is -1.98. The number of aromatic carboxylic acids is 1. The molecule has 0 fully saturated rings. The summed E-state index contributed by atoms with van der Waals surface area (Å²) in [7, 11) is 0. The van der Waals surface area contributed by atoms with Crippen molar-refractivity contribution in [1.29, 1.82) is 0 Å². The Morgan fingerprint density at radius 2 is 2.06 bits per heavy atom. The average molecular weight is 244 g/mol. The molecule has 2 heterocycles. The van der Waals surface area contributed by atoms with Gasteiger partial charge in [0.25, 0.3) is 0 Å². The monoisotopic (exact) mass is 244 g/mol. The van der Waals surface area contributed by atoms with E-state index in [0.29, 0.717) is 4.88 Å². The second kappa shape index (κ2) is 3.71. The van der Waals surface area contributed by atoms with Crippen molar-refractivity contribution in [3.63, 3.8) is 0 Å². The highest BCUT2D eigenvalue weighted by Gasteiger charge is 2.11. The van der Waals surface area contributed by atoms with E-state index in [2.05, 4.69) is 5.10 Å². The van der Waals surface area contributed by atoms with Gasteiger partial charge in [-0.3, -0.25) is 0 Å². The van der Waals surface area contributed by atoms with Gasteiger partial charge in [-0.05, 0) is 18.2 Å². The number of fused-ring (bicyclic) bond motifs is 1. The van der Waals surface area contributed by atoms with Crippen LogP contribution in [0.3, 0.4) is 0 Å². The van der Waals surface area contributed by atoms with Crippen LogP contribution in [0.4, 0.5) is 0 Å². The number of rotatable bonds is 2. The third-order valence-corrected chi connectivity index (χ3v) is 3.47. The maximum atomic E-state index is 10.8. The Hall–Kier alpha value is -2.14. The first-order valence-corrected chi connectivity index (χ1v) is 5.83. The van der Waals surface area contributed by atoms with Gasteiger partial charge in [0, 0.05) is 6.20 Å². The number of carbonyl (C=O) groups is 1. The molecule has 0 aliphatic heterocycles. The molecule has 3 aromatic rings. The number of thiophene rings is 1. The number of carboxylic acid groups (broad SMARTS) is 1. The van der Waals surface area contributed by atoms with Crippen LogP contribution in [0.25, 0.3) is 15.9 Å². The zero-order valence-corrected chi connectivity index (χ0v) is 9.52. The Bertz CT molecular complexity index is 653. The van der Waals surface area contributed by atoms with Gasteiger partial charge in [0.2, 0.25) is 0 Å². The molecular formula is C12H8N2O2S. The van der Waals surface area contributed by atoms with Crippen molar-refractivity contribution < 1.29 is 9.90 Å². The van der Waals surface area contributed by atoms with E-state index in [4.69, 9.17) is 5.11 Å². The van der Waals surface area contributed by atoms with Gasteiger partial charge in [-0.15, -0.1) is 11.3 Å². The van der Waals surface area contributed by atoms with E-state index in [-0.39, 0.29) is 0 Å². The summed E-state index contributed by atoms with van der Waals surface area (Å²) in [4.78, 5) is 11.1. The smallest absolute Gasteiger partial charge is 0.345 e. The molecule has 17 heavy (non-hydrogen) atoms. The van der Waals surface area contributed by atoms with E-state index < -0.39 is 5.97 Å². The van der Waals surface area contributed by atoms with E-state index in [9.17, 15) is 4.79 Å². The van der Waals surface area contributed by atoms with Gasteiger partial charge in [0.1, 0.15) is 10.4 Å². The summed E-state index contributed by atoms with van der Waals surface area (Å²) in [5.74, 6) is -0.903. The molecule has 0 radical (unpaired) electrons. The first-order chi connectivity index (χ1) is 8.24. The molecule has 0 atom stereocenters. The molecule has 0 amide bonds. The first-order valence-electron chi connectivity index (χ1n) is 5.02. The maximum Gasteiger partial charge on any atom is 0.345 e. The van der Waals surface area contributed by atoms with Gasteiger partial charge < -0.3 is 5.11 Å². The molecule has 0 bridgehead atoms. The van der Waals surface area contributed by atoms with E-state index in [0.717, 1.165) is 15.9 Å². The summed E-state index contributed by atoms with van der Waals surface area (Å²) in [6, 6.07) is 11.3. The third-order valence-electron chi connectivity index (χ3n) is 2.43. The minimum Gasteiger partial charge on any atom is -0.477 e. The fraction of sp³-hybridized carbons (Fsp3) is 0. The molecule has 1 N–H and O–H groups in total. The molecule has 0 aliphatic rings. The Morgan fingerprint density at radius 1 is 1.29 bits per heavy atom. The summed E-state index contributed by atoms with van der Waals surface area (Å²) < 4.78 is 2.64. The SMILES string of the molecule is O=C(O)c1cc2nn(-c3ccccc3)cc2s1. The van der Waals surface area contributed by atoms with Crippen molar-refractivity contribution in [3.05, 3.63) is 47.5 Å². The number of para-hydroxylation sites is 1. The van der Waals surface area contributed by atoms with Gasteiger partial charge in [-0.1, -0.05) is 18.2 Å². The Balaban J connectivity index is 2.10. The van der Waals surface area contributed by atoms with E-state index in [1.807, 2.05) is 36.5 Å². The lowest BCUT2D eigenvalue weighted by atomic mass is 10.3. The molecular weight excluding hydrogens is 236 g/mol. The van der Waals surface area contributed by atoms with Crippen LogP contribution in [0, 0.1) is 0 Å². The van der Waals surface area contributed by atoms with Gasteiger partial charge in [0.15, 0.2) is 0 Å². The predicted molar refractivity (Wildman–Crippen MR) is 65.9 cm³/mol. The first kappa shape index (κ1) is 10.0. The number of hydrogen-bond acceptors (Lipinski definition) is 3. The molecule has 5 heteroatoms. The van der Waals surface area contributed by atoms with Gasteiger partial charge in [-0.2, -0.15) is 5.10 Å². The zero-order valence-electron chi connectivity index (χ0n) is 8.70. The Morgan fingerprint density at radius 3 is 2.71 bits per heavy atom. The highest BCUT2D eigenvalue weighted by atomic mass is 32.1. The van der Waals surface area contributed by atoms with E-state index in [1.54, 1.807) is 10.7 Å². The van der Waals surface area contributed by atoms with Crippen LogP contribution in [0.1, 0.15) is 9.67 Å². The second-order valence-electron chi connectivity index (χ2n) is 3.57. The summed E-state index contributed by atoms with van der Waals surface area (Å²) in [5, 5.41) is 13.2. The molecule has 0 spiro atoms. The Kier molecular flexibility index (Phi) is 2.19. The lowest BCUT2D eigenvalue weighted by Crippen LogP contribution is -1.94. The van der Waals surface area contributed by atoms with Crippen molar-refractivity contribution in [1.82, 2.24) is 9.78 Å². The number of carboxylic acids is 1. The standard InChI is InChI=1S/C12H8N2O2S/c15-12(16)10-6-9-11(17-10)7-14(13-9)8-4-2-1-3-5-8/h1-7H,(H,15,16). The van der Waals surface area contributed by atoms with Crippen molar-refractivity contribution in [2.24, 2.45) is 0 Å². The quantitative estimate of drug-likeness (QED) is 0.754. The van der Waals surface area contributed by atoms with Crippen LogP contribution in [-0.4, -0.2) is 20.9 Å². The highest BCUT2D eigenvalue weighted by molar-refractivity contribution is 7.20. The average Bonchev–Trinajstić information content (AvgIpc) is 2.87. The fourth-order valence-corrected chi connectivity index (χ4v) is 2.49. The maximum absolute atomic E-state index is 10.8. The second-order valence-corrected chi connectivity index (χ2v) is 4.66. The van der Waals surface area contributed by atoms with Gasteiger partial charge >= 0.3 is 5.97 Å². The molecule has 1 aromatic carbocycles. The number of nitrogens with zero attached hydrogens (tertiary/aromatic N) is 2. The Labute approximate surface area is 101 Å². The third kappa shape index (κ3) is 1.70. The predicted octanol–water partition coefficient (Wildman–Crippen LogP) is 2.79. The molecule has 2 aromatic heterocycles. The van der Waals surface area contributed by atoms with Crippen LogP contribution in [0.5, 0.6) is 0 Å². The largest absolute Gasteiger partial charge is 0.477 e. The summed E-state index contributed by atoms with van der Waals surface area (Å²) in [6.07, 6.45) is 1.85. The zero-order chi connectivity index (χ0) is 11.8. The highest BCUT2D eigenvalue weighted by Crippen LogP contribution is 2.25. The lowest BCUT2D eigenvalue weighted by molar-refractivity contribution is 0.0702. The van der Waals surface area contributed by atoms with Crippen molar-refractivity contribution in [3.8, 4) is 5.69 Å². The molecule has 84 valence electrons. The number of aromatic nitrogens is 2. The number of benzene rings is 1.